The Labute approximate surface area is 96.1 Å². The molecule has 0 saturated carbocycles. The van der Waals surface area contributed by atoms with Crippen LogP contribution in [0.15, 0.2) is 29.0 Å². The first-order chi connectivity index (χ1) is 6.75. The summed E-state index contributed by atoms with van der Waals surface area (Å²) < 4.78 is 0.832. The van der Waals surface area contributed by atoms with E-state index in [4.69, 9.17) is 17.3 Å². The molecule has 0 spiro atoms. The SMILES string of the molecule is NC(Cc1csc(Cl)c1)c1cccs1. The first kappa shape index (κ1) is 10.2. The maximum absolute atomic E-state index is 6.05. The van der Waals surface area contributed by atoms with Gasteiger partial charge < -0.3 is 5.73 Å². The monoisotopic (exact) mass is 243 g/mol. The second-order valence-corrected chi connectivity index (χ2v) is 5.61. The first-order valence-corrected chi connectivity index (χ1v) is 6.41. The van der Waals surface area contributed by atoms with Crippen LogP contribution in [0.3, 0.4) is 0 Å². The lowest BCUT2D eigenvalue weighted by Gasteiger charge is -2.07. The smallest absolute Gasteiger partial charge is 0.0931 e. The van der Waals surface area contributed by atoms with Crippen LogP contribution in [0.2, 0.25) is 4.34 Å². The number of nitrogens with two attached hydrogens (primary N) is 1. The van der Waals surface area contributed by atoms with E-state index in [0.29, 0.717) is 0 Å². The molecule has 0 amide bonds. The Morgan fingerprint density at radius 3 is 2.86 bits per heavy atom. The summed E-state index contributed by atoms with van der Waals surface area (Å²) in [7, 11) is 0. The van der Waals surface area contributed by atoms with Gasteiger partial charge in [-0.3, -0.25) is 0 Å². The molecule has 0 radical (unpaired) electrons. The van der Waals surface area contributed by atoms with Crippen LogP contribution in [0, 0.1) is 0 Å². The molecular weight excluding hydrogens is 234 g/mol. The van der Waals surface area contributed by atoms with Gasteiger partial charge >= 0.3 is 0 Å². The van der Waals surface area contributed by atoms with E-state index < -0.39 is 0 Å². The molecule has 0 aromatic carbocycles. The lowest BCUT2D eigenvalue weighted by Crippen LogP contribution is -2.11. The van der Waals surface area contributed by atoms with Crippen molar-refractivity contribution in [3.05, 3.63) is 43.7 Å². The molecule has 0 aliphatic carbocycles. The highest BCUT2D eigenvalue weighted by atomic mass is 35.5. The highest BCUT2D eigenvalue weighted by Gasteiger charge is 2.08. The Hall–Kier alpha value is -0.350. The van der Waals surface area contributed by atoms with Gasteiger partial charge in [-0.25, -0.2) is 0 Å². The lowest BCUT2D eigenvalue weighted by molar-refractivity contribution is 0.738. The van der Waals surface area contributed by atoms with Crippen LogP contribution in [-0.2, 0) is 6.42 Å². The molecule has 2 heterocycles. The van der Waals surface area contributed by atoms with Crippen molar-refractivity contribution in [1.29, 1.82) is 0 Å². The Morgan fingerprint density at radius 2 is 2.29 bits per heavy atom. The minimum absolute atomic E-state index is 0.0978. The molecule has 4 heteroatoms. The second-order valence-electron chi connectivity index (χ2n) is 3.09. The van der Waals surface area contributed by atoms with Gasteiger partial charge in [-0.15, -0.1) is 22.7 Å². The third kappa shape index (κ3) is 2.36. The second kappa shape index (κ2) is 4.45. The number of hydrogen-bond acceptors (Lipinski definition) is 3. The van der Waals surface area contributed by atoms with Crippen molar-refractivity contribution in [2.45, 2.75) is 12.5 Å². The molecule has 1 atom stereocenters. The zero-order valence-electron chi connectivity index (χ0n) is 7.44. The molecule has 1 nitrogen and oxygen atoms in total. The maximum atomic E-state index is 6.05. The molecule has 2 rings (SSSR count). The molecule has 2 aromatic rings. The molecule has 2 N–H and O–H groups in total. The normalized spacial score (nSPS) is 13.0. The van der Waals surface area contributed by atoms with Crippen LogP contribution in [0.25, 0.3) is 0 Å². The van der Waals surface area contributed by atoms with Gasteiger partial charge in [-0.05, 0) is 34.9 Å². The summed E-state index contributed by atoms with van der Waals surface area (Å²) in [5, 5.41) is 4.12. The van der Waals surface area contributed by atoms with E-state index in [9.17, 15) is 0 Å². The fourth-order valence-electron chi connectivity index (χ4n) is 1.31. The summed E-state index contributed by atoms with van der Waals surface area (Å²) in [6.07, 6.45) is 0.865. The molecule has 14 heavy (non-hydrogen) atoms. The fraction of sp³-hybridized carbons (Fsp3) is 0.200. The lowest BCUT2D eigenvalue weighted by atomic mass is 10.1. The largest absolute Gasteiger partial charge is 0.323 e. The first-order valence-electron chi connectivity index (χ1n) is 4.27. The highest BCUT2D eigenvalue weighted by Crippen LogP contribution is 2.25. The van der Waals surface area contributed by atoms with Gasteiger partial charge in [0.25, 0.3) is 0 Å². The van der Waals surface area contributed by atoms with E-state index in [0.717, 1.165) is 10.8 Å². The van der Waals surface area contributed by atoms with E-state index >= 15 is 0 Å². The van der Waals surface area contributed by atoms with Gasteiger partial charge in [0.15, 0.2) is 0 Å². The molecule has 0 bridgehead atoms. The molecule has 1 unspecified atom stereocenters. The molecule has 0 aliphatic rings. The zero-order chi connectivity index (χ0) is 9.97. The van der Waals surface area contributed by atoms with Gasteiger partial charge in [-0.1, -0.05) is 17.7 Å². The summed E-state index contributed by atoms with van der Waals surface area (Å²) in [4.78, 5) is 1.23. The quantitative estimate of drug-likeness (QED) is 0.874. The van der Waals surface area contributed by atoms with Crippen molar-refractivity contribution in [2.75, 3.05) is 0 Å². The number of hydrogen-bond donors (Lipinski definition) is 1. The molecule has 2 aromatic heterocycles. The third-order valence-corrected chi connectivity index (χ3v) is 4.13. The van der Waals surface area contributed by atoms with Crippen LogP contribution < -0.4 is 5.73 Å². The predicted molar refractivity (Wildman–Crippen MR) is 64.3 cm³/mol. The zero-order valence-corrected chi connectivity index (χ0v) is 9.83. The van der Waals surface area contributed by atoms with Crippen LogP contribution in [0.4, 0.5) is 0 Å². The number of rotatable bonds is 3. The van der Waals surface area contributed by atoms with Gasteiger partial charge in [0.2, 0.25) is 0 Å². The number of halogens is 1. The minimum atomic E-state index is 0.0978. The van der Waals surface area contributed by atoms with Crippen molar-refractivity contribution >= 4 is 34.3 Å². The van der Waals surface area contributed by atoms with Crippen LogP contribution in [-0.4, -0.2) is 0 Å². The van der Waals surface area contributed by atoms with E-state index in [1.807, 2.05) is 12.1 Å². The summed E-state index contributed by atoms with van der Waals surface area (Å²) >= 11 is 9.11. The highest BCUT2D eigenvalue weighted by molar-refractivity contribution is 7.14. The summed E-state index contributed by atoms with van der Waals surface area (Å²) in [5.41, 5.74) is 7.28. The van der Waals surface area contributed by atoms with Crippen LogP contribution >= 0.6 is 34.3 Å². The van der Waals surface area contributed by atoms with Crippen molar-refractivity contribution in [3.8, 4) is 0 Å². The maximum Gasteiger partial charge on any atom is 0.0931 e. The topological polar surface area (TPSA) is 26.0 Å². The summed E-state index contributed by atoms with van der Waals surface area (Å²) in [5.74, 6) is 0. The van der Waals surface area contributed by atoms with E-state index in [2.05, 4.69) is 16.8 Å². The summed E-state index contributed by atoms with van der Waals surface area (Å²) in [6, 6.07) is 6.18. The predicted octanol–water partition coefficient (Wildman–Crippen LogP) is 3.71. The molecular formula is C10H10ClNS2. The average molecular weight is 244 g/mol. The molecule has 0 aliphatic heterocycles. The minimum Gasteiger partial charge on any atom is -0.323 e. The Bertz CT molecular complexity index is 394. The van der Waals surface area contributed by atoms with Crippen molar-refractivity contribution in [2.24, 2.45) is 5.73 Å². The van der Waals surface area contributed by atoms with Gasteiger partial charge in [-0.2, -0.15) is 0 Å². The van der Waals surface area contributed by atoms with Gasteiger partial charge in [0, 0.05) is 10.9 Å². The van der Waals surface area contributed by atoms with Gasteiger partial charge in [0.05, 0.1) is 4.34 Å². The Morgan fingerprint density at radius 1 is 1.43 bits per heavy atom. The Kier molecular flexibility index (Phi) is 3.23. The van der Waals surface area contributed by atoms with Crippen molar-refractivity contribution < 1.29 is 0 Å². The van der Waals surface area contributed by atoms with Crippen LogP contribution in [0.5, 0.6) is 0 Å². The van der Waals surface area contributed by atoms with Crippen molar-refractivity contribution in [3.63, 3.8) is 0 Å². The molecule has 74 valence electrons. The average Bonchev–Trinajstić information content (AvgIpc) is 2.75. The number of thiophene rings is 2. The molecule has 0 fully saturated rings. The van der Waals surface area contributed by atoms with E-state index in [-0.39, 0.29) is 6.04 Å². The standard InChI is InChI=1S/C10H10ClNS2/c11-10-5-7(6-14-10)4-8(12)9-2-1-3-13-9/h1-3,5-6,8H,4,12H2. The van der Waals surface area contributed by atoms with Crippen LogP contribution in [0.1, 0.15) is 16.5 Å². The van der Waals surface area contributed by atoms with E-state index in [1.165, 1.54) is 10.4 Å². The third-order valence-electron chi connectivity index (χ3n) is 1.99. The van der Waals surface area contributed by atoms with Crippen molar-refractivity contribution in [1.82, 2.24) is 0 Å². The molecule has 0 saturated heterocycles. The summed E-state index contributed by atoms with van der Waals surface area (Å²) in [6.45, 7) is 0. The fourth-order valence-corrected chi connectivity index (χ4v) is 2.96. The Balaban J connectivity index is 2.05. The van der Waals surface area contributed by atoms with Gasteiger partial charge in [0.1, 0.15) is 0 Å². The van der Waals surface area contributed by atoms with E-state index in [1.54, 1.807) is 22.7 Å².